The van der Waals surface area contributed by atoms with E-state index in [0.717, 1.165) is 54.0 Å². The molecule has 0 spiro atoms. The first-order chi connectivity index (χ1) is 16.5. The summed E-state index contributed by atoms with van der Waals surface area (Å²) in [5.74, 6) is 0.676. The van der Waals surface area contributed by atoms with Gasteiger partial charge >= 0.3 is 6.03 Å². The Bertz CT molecular complexity index is 1220. The van der Waals surface area contributed by atoms with Crippen LogP contribution in [0.25, 0.3) is 10.8 Å². The number of hydrogen-bond donors (Lipinski definition) is 1. The lowest BCUT2D eigenvalue weighted by Crippen LogP contribution is -2.51. The standard InChI is InChI=1S/C27H30N4O3/c1-3-34-24-11-7-6-10-23(24)30-16-14-29(15-17-30)19-31-25(32)27(2,28-26(31)33)22-13-12-20-8-4-5-9-21(20)18-22/h4-13,18H,3,14-17,19H2,1-2H3,(H,28,33). The molecule has 1 unspecified atom stereocenters. The Labute approximate surface area is 199 Å². The number of carbonyl (C=O) groups excluding carboxylic acids is 2. The first-order valence-electron chi connectivity index (χ1n) is 11.8. The highest BCUT2D eigenvalue weighted by Crippen LogP contribution is 2.32. The summed E-state index contributed by atoms with van der Waals surface area (Å²) in [6.07, 6.45) is 0. The number of amides is 3. The highest BCUT2D eigenvalue weighted by Gasteiger charge is 2.49. The molecule has 2 saturated heterocycles. The molecule has 2 aliphatic heterocycles. The number of nitrogens with one attached hydrogen (secondary N) is 1. The molecule has 7 nitrogen and oxygen atoms in total. The first kappa shape index (κ1) is 22.2. The third-order valence-electron chi connectivity index (χ3n) is 6.82. The highest BCUT2D eigenvalue weighted by atomic mass is 16.5. The average Bonchev–Trinajstić information content (AvgIpc) is 3.08. The molecule has 1 atom stereocenters. The van der Waals surface area contributed by atoms with Crippen LogP contribution in [0.2, 0.25) is 0 Å². The van der Waals surface area contributed by atoms with Crippen LogP contribution in [0.4, 0.5) is 10.5 Å². The summed E-state index contributed by atoms with van der Waals surface area (Å²) in [5.41, 5.74) is 0.812. The summed E-state index contributed by atoms with van der Waals surface area (Å²) in [5, 5.41) is 5.09. The summed E-state index contributed by atoms with van der Waals surface area (Å²) >= 11 is 0. The van der Waals surface area contributed by atoms with E-state index < -0.39 is 5.54 Å². The zero-order valence-electron chi connectivity index (χ0n) is 19.7. The maximum atomic E-state index is 13.4. The van der Waals surface area contributed by atoms with Crippen LogP contribution in [-0.4, -0.2) is 61.2 Å². The molecule has 1 N–H and O–H groups in total. The average molecular weight is 459 g/mol. The van der Waals surface area contributed by atoms with Gasteiger partial charge in [-0.3, -0.25) is 9.69 Å². The number of rotatable bonds is 6. The van der Waals surface area contributed by atoms with Crippen molar-refractivity contribution < 1.29 is 14.3 Å². The quantitative estimate of drug-likeness (QED) is 0.570. The maximum absolute atomic E-state index is 13.4. The number of imide groups is 1. The number of piperazine rings is 1. The molecule has 5 rings (SSSR count). The van der Waals surface area contributed by atoms with Crippen molar-refractivity contribution in [1.29, 1.82) is 0 Å². The molecule has 3 aromatic rings. The molecule has 2 heterocycles. The third-order valence-corrected chi connectivity index (χ3v) is 6.82. The molecule has 176 valence electrons. The van der Waals surface area contributed by atoms with Crippen LogP contribution in [0.15, 0.2) is 66.7 Å². The van der Waals surface area contributed by atoms with E-state index in [9.17, 15) is 9.59 Å². The fraction of sp³-hybridized carbons (Fsp3) is 0.333. The zero-order valence-corrected chi connectivity index (χ0v) is 19.7. The van der Waals surface area contributed by atoms with Crippen LogP contribution in [-0.2, 0) is 10.3 Å². The molecule has 2 fully saturated rings. The summed E-state index contributed by atoms with van der Waals surface area (Å²) < 4.78 is 5.78. The minimum Gasteiger partial charge on any atom is -0.492 e. The molecule has 7 heteroatoms. The van der Waals surface area contributed by atoms with E-state index in [1.165, 1.54) is 4.90 Å². The van der Waals surface area contributed by atoms with Gasteiger partial charge in [0.2, 0.25) is 0 Å². The van der Waals surface area contributed by atoms with Crippen molar-refractivity contribution in [2.75, 3.05) is 44.4 Å². The molecule has 0 aromatic heterocycles. The van der Waals surface area contributed by atoms with Crippen molar-refractivity contribution in [3.63, 3.8) is 0 Å². The minimum atomic E-state index is -1.07. The van der Waals surface area contributed by atoms with Crippen molar-refractivity contribution in [2.24, 2.45) is 0 Å². The Balaban J connectivity index is 1.27. The highest BCUT2D eigenvalue weighted by molar-refractivity contribution is 6.07. The number of anilines is 1. The van der Waals surface area contributed by atoms with Crippen LogP contribution in [0, 0.1) is 0 Å². The monoisotopic (exact) mass is 458 g/mol. The predicted molar refractivity (Wildman–Crippen MR) is 133 cm³/mol. The fourth-order valence-corrected chi connectivity index (χ4v) is 4.85. The van der Waals surface area contributed by atoms with Gasteiger partial charge in [-0.2, -0.15) is 0 Å². The van der Waals surface area contributed by atoms with E-state index in [4.69, 9.17) is 4.74 Å². The van der Waals surface area contributed by atoms with Crippen molar-refractivity contribution in [2.45, 2.75) is 19.4 Å². The molecule has 0 bridgehead atoms. The molecule has 3 aromatic carbocycles. The van der Waals surface area contributed by atoms with Gasteiger partial charge in [-0.05, 0) is 48.4 Å². The fourth-order valence-electron chi connectivity index (χ4n) is 4.85. The van der Waals surface area contributed by atoms with Gasteiger partial charge in [0, 0.05) is 26.2 Å². The Morgan fingerprint density at radius 2 is 1.62 bits per heavy atom. The largest absolute Gasteiger partial charge is 0.492 e. The number of carbonyl (C=O) groups is 2. The van der Waals surface area contributed by atoms with Crippen LogP contribution in [0.3, 0.4) is 0 Å². The Morgan fingerprint density at radius 3 is 2.38 bits per heavy atom. The van der Waals surface area contributed by atoms with E-state index in [1.807, 2.05) is 67.6 Å². The Kier molecular flexibility index (Phi) is 5.87. The number of fused-ring (bicyclic) bond motifs is 1. The number of nitrogens with zero attached hydrogens (tertiary/aromatic N) is 3. The molecular weight excluding hydrogens is 428 g/mol. The van der Waals surface area contributed by atoms with Gasteiger partial charge in [-0.25, -0.2) is 9.69 Å². The maximum Gasteiger partial charge on any atom is 0.326 e. The molecule has 3 amide bonds. The molecule has 2 aliphatic rings. The molecule has 0 saturated carbocycles. The van der Waals surface area contributed by atoms with Gasteiger partial charge in [0.25, 0.3) is 5.91 Å². The number of ether oxygens (including phenoxy) is 1. The van der Waals surface area contributed by atoms with E-state index in [-0.39, 0.29) is 18.6 Å². The number of urea groups is 1. The van der Waals surface area contributed by atoms with Gasteiger partial charge in [-0.15, -0.1) is 0 Å². The van der Waals surface area contributed by atoms with Crippen LogP contribution in [0.5, 0.6) is 5.75 Å². The SMILES string of the molecule is CCOc1ccccc1N1CCN(CN2C(=O)NC(C)(c3ccc4ccccc4c3)C2=O)CC1. The summed E-state index contributed by atoms with van der Waals surface area (Å²) in [6, 6.07) is 21.7. The normalized spacial score (nSPS) is 21.2. The summed E-state index contributed by atoms with van der Waals surface area (Å²) in [7, 11) is 0. The lowest BCUT2D eigenvalue weighted by Gasteiger charge is -2.37. The number of para-hydroxylation sites is 2. The van der Waals surface area contributed by atoms with Gasteiger partial charge in [0.15, 0.2) is 0 Å². The molecule has 0 aliphatic carbocycles. The van der Waals surface area contributed by atoms with Gasteiger partial charge in [0.05, 0.1) is 19.0 Å². The summed E-state index contributed by atoms with van der Waals surface area (Å²) in [4.78, 5) is 32.1. The number of benzene rings is 3. The lowest BCUT2D eigenvalue weighted by atomic mass is 9.90. The van der Waals surface area contributed by atoms with Gasteiger partial charge in [0.1, 0.15) is 11.3 Å². The second kappa shape index (κ2) is 8.99. The third kappa shape index (κ3) is 3.96. The molecule has 34 heavy (non-hydrogen) atoms. The predicted octanol–water partition coefficient (Wildman–Crippen LogP) is 3.79. The van der Waals surface area contributed by atoms with Crippen LogP contribution in [0.1, 0.15) is 19.4 Å². The van der Waals surface area contributed by atoms with Crippen LogP contribution >= 0.6 is 0 Å². The van der Waals surface area contributed by atoms with E-state index in [2.05, 4.69) is 21.2 Å². The minimum absolute atomic E-state index is 0.211. The summed E-state index contributed by atoms with van der Waals surface area (Å²) in [6.45, 7) is 7.80. The van der Waals surface area contributed by atoms with E-state index in [0.29, 0.717) is 6.61 Å². The van der Waals surface area contributed by atoms with Gasteiger partial charge in [-0.1, -0.05) is 48.5 Å². The second-order valence-corrected chi connectivity index (χ2v) is 9.00. The topological polar surface area (TPSA) is 65.1 Å². The zero-order chi connectivity index (χ0) is 23.7. The van der Waals surface area contributed by atoms with Gasteiger partial charge < -0.3 is 15.0 Å². The molecule has 0 radical (unpaired) electrons. The Morgan fingerprint density at radius 1 is 0.912 bits per heavy atom. The second-order valence-electron chi connectivity index (χ2n) is 9.00. The van der Waals surface area contributed by atoms with E-state index in [1.54, 1.807) is 6.92 Å². The van der Waals surface area contributed by atoms with Crippen LogP contribution < -0.4 is 15.0 Å². The smallest absolute Gasteiger partial charge is 0.326 e. The van der Waals surface area contributed by atoms with Crippen molar-refractivity contribution in [3.05, 3.63) is 72.3 Å². The van der Waals surface area contributed by atoms with Crippen molar-refractivity contribution in [1.82, 2.24) is 15.1 Å². The van der Waals surface area contributed by atoms with Crippen molar-refractivity contribution in [3.8, 4) is 5.75 Å². The Hall–Kier alpha value is -3.58. The molecular formula is C27H30N4O3. The number of hydrogen-bond acceptors (Lipinski definition) is 5. The lowest BCUT2D eigenvalue weighted by molar-refractivity contribution is -0.132. The van der Waals surface area contributed by atoms with E-state index >= 15 is 0 Å². The first-order valence-corrected chi connectivity index (χ1v) is 11.8. The van der Waals surface area contributed by atoms with Crippen molar-refractivity contribution >= 4 is 28.4 Å².